The number of hydrogen-bond acceptors (Lipinski definition) is 10. The van der Waals surface area contributed by atoms with E-state index in [4.69, 9.17) is 19.6 Å². The van der Waals surface area contributed by atoms with Gasteiger partial charge in [-0.05, 0) is 31.9 Å². The maximum absolute atomic E-state index is 13.1. The summed E-state index contributed by atoms with van der Waals surface area (Å²) in [6.45, 7) is 3.11. The molecule has 5 rings (SSSR count). The SMILES string of the molecule is COc1cc2nc(C)ccc2cc1-c1cnc([C@H](CCCCCC(=O)c2ncco2)NC(=O)C(N)=CC2=NCCCO2)[nH]1. The monoisotopic (exact) mass is 585 g/mol. The van der Waals surface area contributed by atoms with Crippen LogP contribution < -0.4 is 15.8 Å². The lowest BCUT2D eigenvalue weighted by atomic mass is 10.0. The number of amides is 1. The highest BCUT2D eigenvalue weighted by molar-refractivity contribution is 6.00. The highest BCUT2D eigenvalue weighted by atomic mass is 16.5. The molecule has 0 saturated heterocycles. The quantitative estimate of drug-likeness (QED) is 0.115. The van der Waals surface area contributed by atoms with Gasteiger partial charge in [0.15, 0.2) is 0 Å². The molecule has 1 aromatic carbocycles. The van der Waals surface area contributed by atoms with Gasteiger partial charge in [-0.1, -0.05) is 18.9 Å². The molecular formula is C31H35N7O5. The molecule has 0 bridgehead atoms. The van der Waals surface area contributed by atoms with Crippen molar-refractivity contribution >= 4 is 28.5 Å². The largest absolute Gasteiger partial charge is 0.496 e. The number of methoxy groups -OCH3 is 1. The summed E-state index contributed by atoms with van der Waals surface area (Å²) in [5.74, 6) is 1.10. The molecule has 1 atom stereocenters. The Bertz CT molecular complexity index is 1640. The van der Waals surface area contributed by atoms with E-state index in [1.807, 2.05) is 31.2 Å². The second-order valence-corrected chi connectivity index (χ2v) is 10.3. The number of carbonyl (C=O) groups excluding carboxylic acids is 2. The number of aryl methyl sites for hydroxylation is 1. The van der Waals surface area contributed by atoms with Crippen molar-refractivity contribution in [3.05, 3.63) is 72.1 Å². The van der Waals surface area contributed by atoms with Crippen molar-refractivity contribution in [3.63, 3.8) is 0 Å². The zero-order chi connectivity index (χ0) is 30.2. The predicted molar refractivity (Wildman–Crippen MR) is 161 cm³/mol. The Kier molecular flexibility index (Phi) is 9.45. The van der Waals surface area contributed by atoms with Crippen LogP contribution in [0.15, 0.2) is 64.1 Å². The lowest BCUT2D eigenvalue weighted by molar-refractivity contribution is -0.118. The molecule has 0 unspecified atom stereocenters. The number of nitrogens with two attached hydrogens (primary N) is 1. The first-order valence-corrected chi connectivity index (χ1v) is 14.3. The van der Waals surface area contributed by atoms with Crippen molar-refractivity contribution in [1.29, 1.82) is 0 Å². The number of nitrogens with zero attached hydrogens (tertiary/aromatic N) is 4. The van der Waals surface area contributed by atoms with Crippen molar-refractivity contribution in [2.75, 3.05) is 20.3 Å². The number of pyridine rings is 1. The Balaban J connectivity index is 1.32. The van der Waals surface area contributed by atoms with Gasteiger partial charge in [-0.25, -0.2) is 9.97 Å². The fraction of sp³-hybridized carbons (Fsp3) is 0.355. The van der Waals surface area contributed by atoms with Crippen molar-refractivity contribution < 1.29 is 23.5 Å². The van der Waals surface area contributed by atoms with E-state index >= 15 is 0 Å². The Labute approximate surface area is 248 Å². The third kappa shape index (κ3) is 7.45. The summed E-state index contributed by atoms with van der Waals surface area (Å²) in [5.41, 5.74) is 9.41. The second-order valence-electron chi connectivity index (χ2n) is 10.3. The molecule has 4 N–H and O–H groups in total. The third-order valence-corrected chi connectivity index (χ3v) is 7.10. The molecule has 0 aliphatic carbocycles. The summed E-state index contributed by atoms with van der Waals surface area (Å²) < 4.78 is 16.2. The average Bonchev–Trinajstić information content (AvgIpc) is 3.73. The number of nitrogens with one attached hydrogen (secondary N) is 2. The molecule has 0 fully saturated rings. The van der Waals surface area contributed by atoms with Crippen molar-refractivity contribution in [2.45, 2.75) is 51.5 Å². The van der Waals surface area contributed by atoms with E-state index in [0.717, 1.165) is 47.1 Å². The van der Waals surface area contributed by atoms with Crippen LogP contribution >= 0.6 is 0 Å². The molecule has 43 heavy (non-hydrogen) atoms. The summed E-state index contributed by atoms with van der Waals surface area (Å²) in [6.07, 6.45) is 9.87. The molecule has 0 radical (unpaired) electrons. The van der Waals surface area contributed by atoms with Crippen LogP contribution in [-0.2, 0) is 9.53 Å². The molecule has 1 amide bonds. The summed E-state index contributed by atoms with van der Waals surface area (Å²) in [7, 11) is 1.61. The smallest absolute Gasteiger partial charge is 0.267 e. The molecule has 1 aliphatic rings. The number of ether oxygens (including phenoxy) is 2. The van der Waals surface area contributed by atoms with Gasteiger partial charge in [-0.2, -0.15) is 0 Å². The van der Waals surface area contributed by atoms with Gasteiger partial charge in [0.2, 0.25) is 11.7 Å². The number of H-pyrrole nitrogens is 1. The minimum Gasteiger partial charge on any atom is -0.496 e. The Morgan fingerprint density at radius 2 is 2.09 bits per heavy atom. The Hall–Kier alpha value is -5.00. The number of benzene rings is 1. The average molecular weight is 586 g/mol. The van der Waals surface area contributed by atoms with Crippen LogP contribution in [0.5, 0.6) is 5.75 Å². The number of aromatic amines is 1. The van der Waals surface area contributed by atoms with E-state index in [0.29, 0.717) is 49.9 Å². The van der Waals surface area contributed by atoms with E-state index < -0.39 is 11.9 Å². The molecule has 224 valence electrons. The lowest BCUT2D eigenvalue weighted by Crippen LogP contribution is -2.33. The number of Topliss-reactive ketones (excluding diaryl/α,β-unsaturated/α-hetero) is 1. The summed E-state index contributed by atoms with van der Waals surface area (Å²) >= 11 is 0. The van der Waals surface area contributed by atoms with E-state index in [-0.39, 0.29) is 17.4 Å². The summed E-state index contributed by atoms with van der Waals surface area (Å²) in [5, 5.41) is 3.97. The van der Waals surface area contributed by atoms with Gasteiger partial charge < -0.3 is 29.9 Å². The number of hydrogen-bond donors (Lipinski definition) is 3. The van der Waals surface area contributed by atoms with Crippen LogP contribution in [0.25, 0.3) is 22.2 Å². The van der Waals surface area contributed by atoms with Crippen LogP contribution in [0.2, 0.25) is 0 Å². The van der Waals surface area contributed by atoms with Crippen LogP contribution in [0.3, 0.4) is 0 Å². The van der Waals surface area contributed by atoms with Gasteiger partial charge in [0, 0.05) is 48.2 Å². The van der Waals surface area contributed by atoms with Crippen molar-refractivity contribution in [3.8, 4) is 17.0 Å². The first-order valence-electron chi connectivity index (χ1n) is 14.3. The summed E-state index contributed by atoms with van der Waals surface area (Å²) in [6, 6.07) is 7.41. The summed E-state index contributed by atoms with van der Waals surface area (Å²) in [4.78, 5) is 46.1. The van der Waals surface area contributed by atoms with Crippen LogP contribution in [0, 0.1) is 6.92 Å². The minimum atomic E-state index is -0.472. The van der Waals surface area contributed by atoms with E-state index in [1.165, 1.54) is 18.5 Å². The van der Waals surface area contributed by atoms with Crippen LogP contribution in [0.4, 0.5) is 0 Å². The van der Waals surface area contributed by atoms with E-state index in [9.17, 15) is 9.59 Å². The van der Waals surface area contributed by atoms with Gasteiger partial charge in [0.05, 0.1) is 43.4 Å². The van der Waals surface area contributed by atoms with Gasteiger partial charge in [-0.3, -0.25) is 19.6 Å². The lowest BCUT2D eigenvalue weighted by Gasteiger charge is -2.18. The third-order valence-electron chi connectivity index (χ3n) is 7.10. The maximum Gasteiger partial charge on any atom is 0.267 e. The number of unbranched alkanes of at least 4 members (excludes halogenated alkanes) is 2. The van der Waals surface area contributed by atoms with E-state index in [1.54, 1.807) is 13.3 Å². The van der Waals surface area contributed by atoms with Gasteiger partial charge in [0.1, 0.15) is 23.5 Å². The number of aliphatic imine (C=N–C) groups is 1. The second kappa shape index (κ2) is 13.8. The molecular weight excluding hydrogens is 550 g/mol. The van der Waals surface area contributed by atoms with Gasteiger partial charge in [0.25, 0.3) is 11.8 Å². The molecule has 4 aromatic rings. The topological polar surface area (TPSA) is 171 Å². The standard InChI is InChI=1S/C31H35N7O5/c1-19-9-10-20-15-21(27(41-2)17-24(20)36-19)25-18-35-29(37-25)23(7-4-3-5-8-26(39)31-34-12-14-43-31)38-30(40)22(32)16-28-33-11-6-13-42-28/h9-10,12,14-18,23H,3-8,11,13,32H2,1-2H3,(H,35,37)(H,38,40)/t23-/m0/s1. The van der Waals surface area contributed by atoms with E-state index in [2.05, 4.69) is 30.2 Å². The fourth-order valence-corrected chi connectivity index (χ4v) is 4.84. The number of aromatic nitrogens is 4. The van der Waals surface area contributed by atoms with Gasteiger partial charge in [-0.15, -0.1) is 0 Å². The molecule has 12 nitrogen and oxygen atoms in total. The zero-order valence-electron chi connectivity index (χ0n) is 24.3. The number of oxazole rings is 1. The highest BCUT2D eigenvalue weighted by Crippen LogP contribution is 2.33. The molecule has 3 aromatic heterocycles. The molecule has 4 heterocycles. The number of ketones is 1. The first-order chi connectivity index (χ1) is 20.9. The molecule has 1 aliphatic heterocycles. The molecule has 0 spiro atoms. The number of rotatable bonds is 13. The molecule has 12 heteroatoms. The predicted octanol–water partition coefficient (Wildman–Crippen LogP) is 4.58. The maximum atomic E-state index is 13.1. The van der Waals surface area contributed by atoms with Crippen molar-refractivity contribution in [2.24, 2.45) is 10.7 Å². The Morgan fingerprint density at radius 3 is 2.86 bits per heavy atom. The first kappa shape index (κ1) is 29.5. The van der Waals surface area contributed by atoms with Crippen LogP contribution in [-0.4, -0.2) is 57.8 Å². The minimum absolute atomic E-state index is 0.00651. The fourth-order valence-electron chi connectivity index (χ4n) is 4.84. The zero-order valence-corrected chi connectivity index (χ0v) is 24.3. The van der Waals surface area contributed by atoms with Crippen molar-refractivity contribution in [1.82, 2.24) is 25.3 Å². The van der Waals surface area contributed by atoms with Crippen LogP contribution in [0.1, 0.15) is 66.8 Å². The highest BCUT2D eigenvalue weighted by Gasteiger charge is 2.21. The normalized spacial score (nSPS) is 14.2. The molecule has 0 saturated carbocycles. The number of fused-ring (bicyclic) bond motifs is 1. The Morgan fingerprint density at radius 1 is 1.21 bits per heavy atom. The number of carbonyl (C=O) groups is 2. The van der Waals surface area contributed by atoms with Gasteiger partial charge >= 0.3 is 0 Å². The number of imidazole rings is 1.